The fourth-order valence-electron chi connectivity index (χ4n) is 4.06. The molecule has 0 radical (unpaired) electrons. The third-order valence-corrected chi connectivity index (χ3v) is 5.74. The first-order valence-electron chi connectivity index (χ1n) is 10.9. The van der Waals surface area contributed by atoms with Gasteiger partial charge < -0.3 is 4.42 Å². The SMILES string of the molecule is Fc1ccc(C#Cc2ccc(-c3nnc(-c4c5ccccc5cc5ccccc45)o3)cc2)cc1. The van der Waals surface area contributed by atoms with Crippen molar-refractivity contribution in [3.8, 4) is 34.7 Å². The van der Waals surface area contributed by atoms with Gasteiger partial charge in [0.15, 0.2) is 0 Å². The van der Waals surface area contributed by atoms with Gasteiger partial charge in [-0.3, -0.25) is 0 Å². The lowest BCUT2D eigenvalue weighted by Gasteiger charge is -2.08. The van der Waals surface area contributed by atoms with Crippen LogP contribution in [0.5, 0.6) is 0 Å². The standard InChI is InChI=1S/C30H17FN2O/c31-25-17-13-21(14-18-25)10-9-20-11-15-22(16-12-20)29-32-33-30(34-29)28-26-7-3-1-5-23(26)19-24-6-2-4-8-27(24)28/h1-8,11-19H. The lowest BCUT2D eigenvalue weighted by Crippen LogP contribution is -1.85. The predicted molar refractivity (Wildman–Crippen MR) is 133 cm³/mol. The molecule has 0 spiro atoms. The Morgan fingerprint density at radius 1 is 0.588 bits per heavy atom. The summed E-state index contributed by atoms with van der Waals surface area (Å²) in [6.07, 6.45) is 0. The van der Waals surface area contributed by atoms with Crippen LogP contribution in [-0.4, -0.2) is 10.2 Å². The fraction of sp³-hybridized carbons (Fsp3) is 0. The molecule has 0 N–H and O–H groups in total. The number of fused-ring (bicyclic) bond motifs is 2. The van der Waals surface area contributed by atoms with Crippen molar-refractivity contribution in [3.05, 3.63) is 120 Å². The van der Waals surface area contributed by atoms with E-state index in [4.69, 9.17) is 4.42 Å². The van der Waals surface area contributed by atoms with Crippen LogP contribution < -0.4 is 0 Å². The van der Waals surface area contributed by atoms with Gasteiger partial charge >= 0.3 is 0 Å². The van der Waals surface area contributed by atoms with Gasteiger partial charge in [0.1, 0.15) is 5.82 Å². The Bertz CT molecular complexity index is 1650. The van der Waals surface area contributed by atoms with Crippen LogP contribution in [0.15, 0.2) is 108 Å². The molecule has 0 bridgehead atoms. The summed E-state index contributed by atoms with van der Waals surface area (Å²) in [4.78, 5) is 0. The van der Waals surface area contributed by atoms with Crippen molar-refractivity contribution < 1.29 is 8.81 Å². The van der Waals surface area contributed by atoms with Crippen LogP contribution in [0.1, 0.15) is 11.1 Å². The highest BCUT2D eigenvalue weighted by Crippen LogP contribution is 2.36. The molecule has 0 atom stereocenters. The van der Waals surface area contributed by atoms with Crippen molar-refractivity contribution in [1.29, 1.82) is 0 Å². The Labute approximate surface area is 195 Å². The van der Waals surface area contributed by atoms with Crippen LogP contribution in [0, 0.1) is 17.7 Å². The number of benzene rings is 5. The monoisotopic (exact) mass is 440 g/mol. The molecule has 1 aromatic heterocycles. The maximum absolute atomic E-state index is 13.1. The number of hydrogen-bond acceptors (Lipinski definition) is 3. The van der Waals surface area contributed by atoms with Gasteiger partial charge in [0.25, 0.3) is 0 Å². The number of hydrogen-bond donors (Lipinski definition) is 0. The van der Waals surface area contributed by atoms with E-state index in [1.54, 1.807) is 12.1 Å². The first kappa shape index (κ1) is 19.9. The Morgan fingerprint density at radius 3 is 1.74 bits per heavy atom. The summed E-state index contributed by atoms with van der Waals surface area (Å²) in [6, 6.07) is 32.4. The third-order valence-electron chi connectivity index (χ3n) is 5.74. The van der Waals surface area contributed by atoms with Gasteiger partial charge in [0.05, 0.1) is 5.56 Å². The van der Waals surface area contributed by atoms with Crippen LogP contribution >= 0.6 is 0 Å². The topological polar surface area (TPSA) is 38.9 Å². The zero-order chi connectivity index (χ0) is 22.9. The van der Waals surface area contributed by atoms with Crippen molar-refractivity contribution in [2.24, 2.45) is 0 Å². The average Bonchev–Trinajstić information content (AvgIpc) is 3.37. The van der Waals surface area contributed by atoms with Crippen molar-refractivity contribution in [2.45, 2.75) is 0 Å². The molecule has 6 aromatic rings. The highest BCUT2D eigenvalue weighted by Gasteiger charge is 2.16. The smallest absolute Gasteiger partial charge is 0.249 e. The molecule has 4 heteroatoms. The Kier molecular flexibility index (Phi) is 4.86. The average molecular weight is 440 g/mol. The molecule has 0 aliphatic heterocycles. The van der Waals surface area contributed by atoms with E-state index < -0.39 is 0 Å². The summed E-state index contributed by atoms with van der Waals surface area (Å²) >= 11 is 0. The molecule has 3 nitrogen and oxygen atoms in total. The zero-order valence-corrected chi connectivity index (χ0v) is 18.0. The largest absolute Gasteiger partial charge is 0.416 e. The third kappa shape index (κ3) is 3.70. The number of rotatable bonds is 2. The molecule has 0 fully saturated rings. The van der Waals surface area contributed by atoms with Gasteiger partial charge in [-0.2, -0.15) is 0 Å². The summed E-state index contributed by atoms with van der Waals surface area (Å²) in [7, 11) is 0. The molecule has 160 valence electrons. The highest BCUT2D eigenvalue weighted by atomic mass is 19.1. The second-order valence-corrected chi connectivity index (χ2v) is 7.94. The van der Waals surface area contributed by atoms with Crippen molar-refractivity contribution in [3.63, 3.8) is 0 Å². The molecule has 0 unspecified atom stereocenters. The molecule has 0 saturated heterocycles. The number of aromatic nitrogens is 2. The van der Waals surface area contributed by atoms with Gasteiger partial charge in [-0.25, -0.2) is 4.39 Å². The molecular weight excluding hydrogens is 423 g/mol. The van der Waals surface area contributed by atoms with Crippen LogP contribution in [0.3, 0.4) is 0 Å². The van der Waals surface area contributed by atoms with Crippen LogP contribution in [-0.2, 0) is 0 Å². The molecule has 0 aliphatic carbocycles. The minimum Gasteiger partial charge on any atom is -0.416 e. The summed E-state index contributed by atoms with van der Waals surface area (Å²) in [6.45, 7) is 0. The van der Waals surface area contributed by atoms with E-state index in [1.807, 2.05) is 48.5 Å². The molecule has 0 amide bonds. The quantitative estimate of drug-likeness (QED) is 0.210. The number of nitrogens with zero attached hydrogens (tertiary/aromatic N) is 2. The lowest BCUT2D eigenvalue weighted by atomic mass is 9.97. The highest BCUT2D eigenvalue weighted by molar-refractivity contribution is 6.11. The molecule has 34 heavy (non-hydrogen) atoms. The molecule has 0 aliphatic rings. The second kappa shape index (κ2) is 8.31. The maximum Gasteiger partial charge on any atom is 0.249 e. The van der Waals surface area contributed by atoms with Gasteiger partial charge in [0, 0.05) is 16.7 Å². The van der Waals surface area contributed by atoms with Crippen LogP contribution in [0.4, 0.5) is 4.39 Å². The Morgan fingerprint density at radius 2 is 1.12 bits per heavy atom. The maximum atomic E-state index is 13.1. The van der Waals surface area contributed by atoms with Crippen LogP contribution in [0.25, 0.3) is 44.5 Å². The summed E-state index contributed by atoms with van der Waals surface area (Å²) in [5.74, 6) is 6.80. The molecule has 1 heterocycles. The molecule has 6 rings (SSSR count). The Hall–Kier alpha value is -4.75. The molecule has 0 saturated carbocycles. The summed E-state index contributed by atoms with van der Waals surface area (Å²) in [5, 5.41) is 13.1. The van der Waals surface area contributed by atoms with Gasteiger partial charge in [-0.1, -0.05) is 60.4 Å². The zero-order valence-electron chi connectivity index (χ0n) is 18.0. The van der Waals surface area contributed by atoms with Gasteiger partial charge in [-0.15, -0.1) is 10.2 Å². The Balaban J connectivity index is 1.36. The summed E-state index contributed by atoms with van der Waals surface area (Å²) in [5.41, 5.74) is 3.35. The van der Waals surface area contributed by atoms with E-state index >= 15 is 0 Å². The minimum atomic E-state index is -0.273. The first-order chi connectivity index (χ1) is 16.7. The lowest BCUT2D eigenvalue weighted by molar-refractivity contribution is 0.586. The van der Waals surface area contributed by atoms with Crippen molar-refractivity contribution in [1.82, 2.24) is 10.2 Å². The minimum absolute atomic E-state index is 0.273. The normalized spacial score (nSPS) is 10.9. The number of halogens is 1. The molecular formula is C30H17FN2O. The van der Waals surface area contributed by atoms with Crippen molar-refractivity contribution in [2.75, 3.05) is 0 Å². The summed E-state index contributed by atoms with van der Waals surface area (Å²) < 4.78 is 19.2. The van der Waals surface area contributed by atoms with E-state index in [1.165, 1.54) is 12.1 Å². The van der Waals surface area contributed by atoms with Crippen molar-refractivity contribution >= 4 is 21.5 Å². The van der Waals surface area contributed by atoms with Gasteiger partial charge in [-0.05, 0) is 76.1 Å². The van der Waals surface area contributed by atoms with E-state index in [2.05, 4.69) is 52.4 Å². The molecule has 5 aromatic carbocycles. The van der Waals surface area contributed by atoms with E-state index in [0.717, 1.165) is 43.8 Å². The van der Waals surface area contributed by atoms with Gasteiger partial charge in [0.2, 0.25) is 11.8 Å². The second-order valence-electron chi connectivity index (χ2n) is 7.94. The van der Waals surface area contributed by atoms with E-state index in [-0.39, 0.29) is 5.82 Å². The predicted octanol–water partition coefficient (Wildman–Crippen LogP) is 7.25. The van der Waals surface area contributed by atoms with E-state index in [9.17, 15) is 4.39 Å². The first-order valence-corrected chi connectivity index (χ1v) is 10.9. The fourth-order valence-corrected chi connectivity index (χ4v) is 4.06. The van der Waals surface area contributed by atoms with Crippen LogP contribution in [0.2, 0.25) is 0 Å². The van der Waals surface area contributed by atoms with E-state index in [0.29, 0.717) is 11.8 Å².